The van der Waals surface area contributed by atoms with E-state index in [1.54, 1.807) is 25.5 Å². The molecule has 0 saturated carbocycles. The molecule has 30 heavy (non-hydrogen) atoms. The van der Waals surface area contributed by atoms with Crippen molar-refractivity contribution in [1.82, 2.24) is 4.90 Å². The van der Waals surface area contributed by atoms with Crippen LogP contribution in [0.5, 0.6) is 5.75 Å². The van der Waals surface area contributed by atoms with Crippen molar-refractivity contribution in [3.63, 3.8) is 0 Å². The molecule has 1 aromatic heterocycles. The molecule has 5 nitrogen and oxygen atoms in total. The van der Waals surface area contributed by atoms with Gasteiger partial charge in [0, 0.05) is 37.4 Å². The molecule has 0 unspecified atom stereocenters. The standard InChI is InChI=1S/C25H28N2O3/c1-29-23-10-5-9-22(19-23)27(25(28)24-11-6-18-30-24)21-13-16-26(17-14-21)15-12-20-7-3-2-4-8-20/h2-11,18-19,21H,12-17H2,1H3. The fourth-order valence-electron chi connectivity index (χ4n) is 4.11. The number of amides is 1. The summed E-state index contributed by atoms with van der Waals surface area (Å²) in [5.74, 6) is 1.00. The number of hydrogen-bond acceptors (Lipinski definition) is 4. The zero-order valence-electron chi connectivity index (χ0n) is 17.4. The van der Waals surface area contributed by atoms with Gasteiger partial charge in [0.15, 0.2) is 5.76 Å². The van der Waals surface area contributed by atoms with Crippen LogP contribution in [0.4, 0.5) is 5.69 Å². The van der Waals surface area contributed by atoms with Crippen LogP contribution in [-0.2, 0) is 6.42 Å². The molecule has 1 aliphatic heterocycles. The molecule has 0 radical (unpaired) electrons. The van der Waals surface area contributed by atoms with E-state index in [4.69, 9.17) is 9.15 Å². The Morgan fingerprint density at radius 3 is 2.57 bits per heavy atom. The van der Waals surface area contributed by atoms with Crippen molar-refractivity contribution in [1.29, 1.82) is 0 Å². The van der Waals surface area contributed by atoms with Crippen LogP contribution in [0, 0.1) is 0 Å². The zero-order chi connectivity index (χ0) is 20.8. The van der Waals surface area contributed by atoms with Crippen molar-refractivity contribution >= 4 is 11.6 Å². The molecule has 1 saturated heterocycles. The molecule has 1 amide bonds. The topological polar surface area (TPSA) is 45.9 Å². The van der Waals surface area contributed by atoms with E-state index in [1.165, 1.54) is 5.56 Å². The van der Waals surface area contributed by atoms with Gasteiger partial charge < -0.3 is 19.0 Å². The predicted molar refractivity (Wildman–Crippen MR) is 118 cm³/mol. The average molecular weight is 405 g/mol. The highest BCUT2D eigenvalue weighted by Crippen LogP contribution is 2.29. The number of hydrogen-bond donors (Lipinski definition) is 0. The smallest absolute Gasteiger partial charge is 0.294 e. The summed E-state index contributed by atoms with van der Waals surface area (Å²) in [7, 11) is 1.64. The van der Waals surface area contributed by atoms with Gasteiger partial charge in [-0.1, -0.05) is 36.4 Å². The van der Waals surface area contributed by atoms with Gasteiger partial charge in [-0.05, 0) is 49.1 Å². The van der Waals surface area contributed by atoms with Crippen LogP contribution < -0.4 is 9.64 Å². The van der Waals surface area contributed by atoms with Gasteiger partial charge in [-0.25, -0.2) is 0 Å². The zero-order valence-corrected chi connectivity index (χ0v) is 17.4. The van der Waals surface area contributed by atoms with Crippen LogP contribution in [0.1, 0.15) is 29.0 Å². The maximum absolute atomic E-state index is 13.3. The van der Waals surface area contributed by atoms with E-state index < -0.39 is 0 Å². The number of anilines is 1. The number of nitrogens with zero attached hydrogens (tertiary/aromatic N) is 2. The summed E-state index contributed by atoms with van der Waals surface area (Å²) in [6, 6.07) is 21.9. The van der Waals surface area contributed by atoms with Gasteiger partial charge in [0.25, 0.3) is 5.91 Å². The minimum absolute atomic E-state index is 0.101. The third-order valence-corrected chi connectivity index (χ3v) is 5.76. The van der Waals surface area contributed by atoms with Gasteiger partial charge in [-0.3, -0.25) is 4.79 Å². The first kappa shape index (κ1) is 20.2. The molecule has 0 aliphatic carbocycles. The second-order valence-electron chi connectivity index (χ2n) is 7.66. The Balaban J connectivity index is 1.46. The van der Waals surface area contributed by atoms with Crippen LogP contribution in [0.3, 0.4) is 0 Å². The highest BCUT2D eigenvalue weighted by molar-refractivity contribution is 6.04. The Morgan fingerprint density at radius 1 is 1.07 bits per heavy atom. The van der Waals surface area contributed by atoms with Crippen LogP contribution in [0.25, 0.3) is 0 Å². The Labute approximate surface area is 177 Å². The fourth-order valence-corrected chi connectivity index (χ4v) is 4.11. The number of likely N-dealkylation sites (tertiary alicyclic amines) is 1. The predicted octanol–water partition coefficient (Wildman–Crippen LogP) is 4.64. The Kier molecular flexibility index (Phi) is 6.50. The van der Waals surface area contributed by atoms with Crippen molar-refractivity contribution in [3.05, 3.63) is 84.3 Å². The molecule has 5 heteroatoms. The third kappa shape index (κ3) is 4.74. The van der Waals surface area contributed by atoms with Gasteiger partial charge in [0.2, 0.25) is 0 Å². The van der Waals surface area contributed by atoms with Crippen LogP contribution in [0.2, 0.25) is 0 Å². The maximum atomic E-state index is 13.3. The van der Waals surface area contributed by atoms with Gasteiger partial charge >= 0.3 is 0 Å². The second-order valence-corrected chi connectivity index (χ2v) is 7.66. The van der Waals surface area contributed by atoms with Crippen molar-refractivity contribution < 1.29 is 13.9 Å². The van der Waals surface area contributed by atoms with Crippen LogP contribution >= 0.6 is 0 Å². The van der Waals surface area contributed by atoms with Crippen molar-refractivity contribution in [3.8, 4) is 5.75 Å². The lowest BCUT2D eigenvalue weighted by molar-refractivity contribution is 0.0933. The molecule has 3 aromatic rings. The van der Waals surface area contributed by atoms with Crippen LogP contribution in [0.15, 0.2) is 77.4 Å². The number of carbonyl (C=O) groups excluding carboxylic acids is 1. The fraction of sp³-hybridized carbons (Fsp3) is 0.320. The quantitative estimate of drug-likeness (QED) is 0.575. The molecule has 1 aliphatic rings. The summed E-state index contributed by atoms with van der Waals surface area (Å²) < 4.78 is 10.8. The Bertz CT molecular complexity index is 932. The van der Waals surface area contributed by atoms with Gasteiger partial charge in [-0.2, -0.15) is 0 Å². The molecule has 0 N–H and O–H groups in total. The largest absolute Gasteiger partial charge is 0.497 e. The van der Waals surface area contributed by atoms with Crippen molar-refractivity contribution in [2.75, 3.05) is 31.6 Å². The summed E-state index contributed by atoms with van der Waals surface area (Å²) in [5.41, 5.74) is 2.21. The number of rotatable bonds is 7. The summed E-state index contributed by atoms with van der Waals surface area (Å²) >= 11 is 0. The molecule has 156 valence electrons. The average Bonchev–Trinajstić information content (AvgIpc) is 3.35. The van der Waals surface area contributed by atoms with Crippen LogP contribution in [-0.4, -0.2) is 43.6 Å². The summed E-state index contributed by atoms with van der Waals surface area (Å²) in [5, 5.41) is 0. The minimum Gasteiger partial charge on any atom is -0.497 e. The lowest BCUT2D eigenvalue weighted by Crippen LogP contribution is -2.48. The summed E-state index contributed by atoms with van der Waals surface area (Å²) in [6.07, 6.45) is 4.45. The molecule has 2 aromatic carbocycles. The molecule has 1 fully saturated rings. The Hall–Kier alpha value is -3.05. The molecular formula is C25H28N2O3. The monoisotopic (exact) mass is 404 g/mol. The number of methoxy groups -OCH3 is 1. The maximum Gasteiger partial charge on any atom is 0.294 e. The van der Waals surface area contributed by atoms with Crippen molar-refractivity contribution in [2.24, 2.45) is 0 Å². The molecule has 0 atom stereocenters. The molecule has 2 heterocycles. The first-order chi connectivity index (χ1) is 14.7. The van der Waals surface area contributed by atoms with Gasteiger partial charge in [-0.15, -0.1) is 0 Å². The SMILES string of the molecule is COc1cccc(N(C(=O)c2ccco2)C2CCN(CCc3ccccc3)CC2)c1. The first-order valence-electron chi connectivity index (χ1n) is 10.5. The first-order valence-corrected chi connectivity index (χ1v) is 10.5. The van der Waals surface area contributed by atoms with Gasteiger partial charge in [0.1, 0.15) is 5.75 Å². The van der Waals surface area contributed by atoms with E-state index in [-0.39, 0.29) is 11.9 Å². The third-order valence-electron chi connectivity index (χ3n) is 5.76. The summed E-state index contributed by atoms with van der Waals surface area (Å²) in [4.78, 5) is 17.7. The Morgan fingerprint density at radius 2 is 1.87 bits per heavy atom. The molecule has 0 spiro atoms. The molecule has 0 bridgehead atoms. The molecule has 4 rings (SSSR count). The van der Waals surface area contributed by atoms with E-state index >= 15 is 0 Å². The lowest BCUT2D eigenvalue weighted by atomic mass is 10.0. The number of piperidine rings is 1. The second kappa shape index (κ2) is 9.63. The van der Waals surface area contributed by atoms with E-state index in [9.17, 15) is 4.79 Å². The number of furan rings is 1. The van der Waals surface area contributed by atoms with E-state index in [0.717, 1.165) is 50.3 Å². The van der Waals surface area contributed by atoms with E-state index in [1.807, 2.05) is 29.2 Å². The lowest BCUT2D eigenvalue weighted by Gasteiger charge is -2.38. The normalized spacial score (nSPS) is 15.1. The number of benzene rings is 2. The summed E-state index contributed by atoms with van der Waals surface area (Å²) in [6.45, 7) is 2.99. The van der Waals surface area contributed by atoms with Gasteiger partial charge in [0.05, 0.1) is 13.4 Å². The van der Waals surface area contributed by atoms with E-state index in [2.05, 4.69) is 35.2 Å². The number of ether oxygens (including phenoxy) is 1. The number of carbonyl (C=O) groups is 1. The minimum atomic E-state index is -0.101. The molecular weight excluding hydrogens is 376 g/mol. The highest BCUT2D eigenvalue weighted by Gasteiger charge is 2.31. The van der Waals surface area contributed by atoms with E-state index in [0.29, 0.717) is 5.76 Å². The van der Waals surface area contributed by atoms with Crippen molar-refractivity contribution in [2.45, 2.75) is 25.3 Å². The highest BCUT2D eigenvalue weighted by atomic mass is 16.5.